The molecule has 1 aromatic rings. The van der Waals surface area contributed by atoms with Gasteiger partial charge >= 0.3 is 6.09 Å². The van der Waals surface area contributed by atoms with Crippen LogP contribution in [-0.2, 0) is 11.2 Å². The van der Waals surface area contributed by atoms with Gasteiger partial charge in [-0.15, -0.1) is 0 Å². The van der Waals surface area contributed by atoms with Crippen LogP contribution < -0.4 is 5.32 Å². The third kappa shape index (κ3) is 3.00. The van der Waals surface area contributed by atoms with Crippen molar-refractivity contribution in [3.05, 3.63) is 33.8 Å². The fraction of sp³-hybridized carbons (Fsp3) is 0.462. The molecule has 0 aliphatic heterocycles. The van der Waals surface area contributed by atoms with Gasteiger partial charge in [-0.2, -0.15) is 0 Å². The molecule has 0 heterocycles. The lowest BCUT2D eigenvalue weighted by molar-refractivity contribution is 0.0879. The Morgan fingerprint density at radius 3 is 3.18 bits per heavy atom. The molecular formula is C13H16BrNO2. The van der Waals surface area contributed by atoms with Gasteiger partial charge in [-0.25, -0.2) is 4.79 Å². The van der Waals surface area contributed by atoms with Crippen LogP contribution in [0, 0.1) is 0 Å². The minimum absolute atomic E-state index is 0.109. The molecule has 0 radical (unpaired) electrons. The molecule has 1 atom stereocenters. The minimum atomic E-state index is -0.328. The average Bonchev–Trinajstić information content (AvgIpc) is 2.30. The molecule has 0 bridgehead atoms. The number of alkyl carbamates (subject to hydrolysis) is 1. The molecule has 3 nitrogen and oxygen atoms in total. The topological polar surface area (TPSA) is 38.3 Å². The summed E-state index contributed by atoms with van der Waals surface area (Å²) in [4.78, 5) is 11.5. The molecule has 1 aliphatic rings. The first-order chi connectivity index (χ1) is 8.20. The summed E-state index contributed by atoms with van der Waals surface area (Å²) in [5.41, 5.74) is 2.42. The Bertz CT molecular complexity index is 420. The van der Waals surface area contributed by atoms with Crippen molar-refractivity contribution in [2.75, 3.05) is 6.54 Å². The SMILES string of the molecule is CCNC(=O)OC1CCCc2ccc(Br)cc21. The fourth-order valence-electron chi connectivity index (χ4n) is 2.16. The number of hydrogen-bond acceptors (Lipinski definition) is 2. The minimum Gasteiger partial charge on any atom is -0.441 e. The van der Waals surface area contributed by atoms with Crippen molar-refractivity contribution in [1.82, 2.24) is 5.32 Å². The summed E-state index contributed by atoms with van der Waals surface area (Å²) in [5, 5.41) is 2.67. The van der Waals surface area contributed by atoms with Crippen molar-refractivity contribution in [2.45, 2.75) is 32.3 Å². The van der Waals surface area contributed by atoms with Crippen LogP contribution >= 0.6 is 15.9 Å². The Labute approximate surface area is 110 Å². The molecule has 1 N–H and O–H groups in total. The van der Waals surface area contributed by atoms with Crippen LogP contribution in [0.25, 0.3) is 0 Å². The molecule has 0 spiro atoms. The first-order valence-corrected chi connectivity index (χ1v) is 6.73. The van der Waals surface area contributed by atoms with E-state index in [1.54, 1.807) is 0 Å². The zero-order valence-electron chi connectivity index (χ0n) is 9.83. The number of carbonyl (C=O) groups is 1. The summed E-state index contributed by atoms with van der Waals surface area (Å²) in [7, 11) is 0. The van der Waals surface area contributed by atoms with Gasteiger partial charge in [0.05, 0.1) is 0 Å². The Balaban J connectivity index is 2.16. The van der Waals surface area contributed by atoms with E-state index in [4.69, 9.17) is 4.74 Å². The van der Waals surface area contributed by atoms with E-state index in [2.05, 4.69) is 33.4 Å². The van der Waals surface area contributed by atoms with Crippen LogP contribution in [-0.4, -0.2) is 12.6 Å². The lowest BCUT2D eigenvalue weighted by Gasteiger charge is -2.25. The van der Waals surface area contributed by atoms with Gasteiger partial charge in [0.1, 0.15) is 6.10 Å². The molecule has 0 saturated heterocycles. The summed E-state index contributed by atoms with van der Waals surface area (Å²) >= 11 is 3.46. The summed E-state index contributed by atoms with van der Waals surface area (Å²) < 4.78 is 6.47. The maximum Gasteiger partial charge on any atom is 0.407 e. The van der Waals surface area contributed by atoms with E-state index in [-0.39, 0.29) is 12.2 Å². The molecule has 0 saturated carbocycles. The Morgan fingerprint density at radius 2 is 2.41 bits per heavy atom. The molecule has 1 aliphatic carbocycles. The standard InChI is InChI=1S/C13H16BrNO2/c1-2-15-13(16)17-12-5-3-4-9-6-7-10(14)8-11(9)12/h6-8,12H,2-5H2,1H3,(H,15,16). The second-order valence-electron chi connectivity index (χ2n) is 4.16. The molecule has 2 rings (SSSR count). The third-order valence-corrected chi connectivity index (χ3v) is 3.43. The van der Waals surface area contributed by atoms with Crippen molar-refractivity contribution in [3.8, 4) is 0 Å². The van der Waals surface area contributed by atoms with Crippen LogP contribution in [0.5, 0.6) is 0 Å². The van der Waals surface area contributed by atoms with Crippen molar-refractivity contribution in [2.24, 2.45) is 0 Å². The number of benzene rings is 1. The van der Waals surface area contributed by atoms with E-state index >= 15 is 0 Å². The van der Waals surface area contributed by atoms with Gasteiger partial charge in [0.15, 0.2) is 0 Å². The second-order valence-corrected chi connectivity index (χ2v) is 5.08. The summed E-state index contributed by atoms with van der Waals surface area (Å²) in [5.74, 6) is 0. The first-order valence-electron chi connectivity index (χ1n) is 5.93. The molecule has 1 unspecified atom stereocenters. The van der Waals surface area contributed by atoms with Gasteiger partial charge in [0, 0.05) is 11.0 Å². The largest absolute Gasteiger partial charge is 0.441 e. The van der Waals surface area contributed by atoms with E-state index < -0.39 is 0 Å². The number of halogens is 1. The monoisotopic (exact) mass is 297 g/mol. The van der Waals surface area contributed by atoms with Crippen molar-refractivity contribution >= 4 is 22.0 Å². The van der Waals surface area contributed by atoms with E-state index in [1.807, 2.05) is 13.0 Å². The maximum absolute atomic E-state index is 11.5. The highest BCUT2D eigenvalue weighted by atomic mass is 79.9. The van der Waals surface area contributed by atoms with Crippen LogP contribution in [0.15, 0.2) is 22.7 Å². The van der Waals surface area contributed by atoms with Crippen molar-refractivity contribution in [3.63, 3.8) is 0 Å². The fourth-order valence-corrected chi connectivity index (χ4v) is 2.54. The summed E-state index contributed by atoms with van der Waals surface area (Å²) in [6.07, 6.45) is 2.60. The number of rotatable bonds is 2. The molecular weight excluding hydrogens is 282 g/mol. The predicted octanol–water partition coefficient (Wildman–Crippen LogP) is 3.57. The number of ether oxygens (including phenoxy) is 1. The van der Waals surface area contributed by atoms with Gasteiger partial charge in [-0.1, -0.05) is 22.0 Å². The number of hydrogen-bond donors (Lipinski definition) is 1. The predicted molar refractivity (Wildman–Crippen MR) is 70.0 cm³/mol. The van der Waals surface area contributed by atoms with Gasteiger partial charge in [0.25, 0.3) is 0 Å². The molecule has 4 heteroatoms. The zero-order valence-corrected chi connectivity index (χ0v) is 11.4. The van der Waals surface area contributed by atoms with Gasteiger partial charge in [-0.05, 0) is 49.4 Å². The van der Waals surface area contributed by atoms with E-state index in [0.717, 1.165) is 29.3 Å². The average molecular weight is 298 g/mol. The molecule has 92 valence electrons. The zero-order chi connectivity index (χ0) is 12.3. The van der Waals surface area contributed by atoms with Gasteiger partial charge in [0.2, 0.25) is 0 Å². The normalized spacial score (nSPS) is 18.4. The molecule has 0 fully saturated rings. The number of amides is 1. The number of aryl methyl sites for hydroxylation is 1. The highest BCUT2D eigenvalue weighted by molar-refractivity contribution is 9.10. The maximum atomic E-state index is 11.5. The van der Waals surface area contributed by atoms with Gasteiger partial charge < -0.3 is 10.1 Å². The summed E-state index contributed by atoms with van der Waals surface area (Å²) in [6, 6.07) is 6.19. The van der Waals surface area contributed by atoms with E-state index in [1.165, 1.54) is 5.56 Å². The molecule has 0 aromatic heterocycles. The molecule has 1 amide bonds. The number of carbonyl (C=O) groups excluding carboxylic acids is 1. The van der Waals surface area contributed by atoms with Gasteiger partial charge in [-0.3, -0.25) is 0 Å². The van der Waals surface area contributed by atoms with E-state index in [9.17, 15) is 4.79 Å². The number of fused-ring (bicyclic) bond motifs is 1. The first kappa shape index (κ1) is 12.4. The summed E-state index contributed by atoms with van der Waals surface area (Å²) in [6.45, 7) is 2.48. The smallest absolute Gasteiger partial charge is 0.407 e. The highest BCUT2D eigenvalue weighted by Gasteiger charge is 2.23. The van der Waals surface area contributed by atoms with Crippen molar-refractivity contribution in [1.29, 1.82) is 0 Å². The Kier molecular flexibility index (Phi) is 4.05. The molecule has 17 heavy (non-hydrogen) atoms. The Morgan fingerprint density at radius 1 is 1.59 bits per heavy atom. The third-order valence-electron chi connectivity index (χ3n) is 2.94. The van der Waals surface area contributed by atoms with Crippen LogP contribution in [0.2, 0.25) is 0 Å². The Hall–Kier alpha value is -1.03. The van der Waals surface area contributed by atoms with Crippen LogP contribution in [0.1, 0.15) is 37.0 Å². The highest BCUT2D eigenvalue weighted by Crippen LogP contribution is 2.34. The van der Waals surface area contributed by atoms with Crippen LogP contribution in [0.4, 0.5) is 4.79 Å². The lowest BCUT2D eigenvalue weighted by Crippen LogP contribution is -2.27. The second kappa shape index (κ2) is 5.54. The van der Waals surface area contributed by atoms with Crippen molar-refractivity contribution < 1.29 is 9.53 Å². The van der Waals surface area contributed by atoms with E-state index in [0.29, 0.717) is 6.54 Å². The quantitative estimate of drug-likeness (QED) is 0.906. The lowest BCUT2D eigenvalue weighted by atomic mass is 9.89. The number of nitrogens with one attached hydrogen (secondary N) is 1. The molecule has 1 aromatic carbocycles. The van der Waals surface area contributed by atoms with Crippen LogP contribution in [0.3, 0.4) is 0 Å².